The summed E-state index contributed by atoms with van der Waals surface area (Å²) in [5, 5.41) is 7.89. The molecular formula is C7H9ClN2. The Balaban J connectivity index is 2.81. The lowest BCUT2D eigenvalue weighted by molar-refractivity contribution is 0.893. The van der Waals surface area contributed by atoms with Gasteiger partial charge < -0.3 is 0 Å². The second-order valence-electron chi connectivity index (χ2n) is 2.10. The van der Waals surface area contributed by atoms with Crippen LogP contribution in [0, 0.1) is 0 Å². The maximum Gasteiger partial charge on any atom is 0.154 e. The van der Waals surface area contributed by atoms with E-state index in [1.54, 1.807) is 6.20 Å². The minimum absolute atomic E-state index is 0.532. The maximum absolute atomic E-state index is 5.73. The Morgan fingerprint density at radius 2 is 2.40 bits per heavy atom. The third kappa shape index (κ3) is 1.67. The summed E-state index contributed by atoms with van der Waals surface area (Å²) < 4.78 is 0. The molecule has 0 unspecified atom stereocenters. The SMILES string of the molecule is CCCc1ccnnc1Cl. The number of aromatic nitrogens is 2. The maximum atomic E-state index is 5.73. The Kier molecular flexibility index (Phi) is 2.63. The van der Waals surface area contributed by atoms with Crippen LogP contribution in [0.2, 0.25) is 5.15 Å². The van der Waals surface area contributed by atoms with Crippen molar-refractivity contribution in [2.75, 3.05) is 0 Å². The summed E-state index contributed by atoms with van der Waals surface area (Å²) in [6.07, 6.45) is 3.73. The van der Waals surface area contributed by atoms with E-state index in [0.29, 0.717) is 5.15 Å². The molecule has 0 fully saturated rings. The minimum atomic E-state index is 0.532. The second-order valence-corrected chi connectivity index (χ2v) is 2.46. The van der Waals surface area contributed by atoms with Gasteiger partial charge in [-0.05, 0) is 18.1 Å². The molecule has 2 nitrogen and oxygen atoms in total. The third-order valence-corrected chi connectivity index (χ3v) is 1.59. The van der Waals surface area contributed by atoms with Crippen LogP contribution >= 0.6 is 11.6 Å². The van der Waals surface area contributed by atoms with Crippen molar-refractivity contribution in [1.29, 1.82) is 0 Å². The molecule has 54 valence electrons. The van der Waals surface area contributed by atoms with Crippen LogP contribution in [0.1, 0.15) is 18.9 Å². The number of nitrogens with zero attached hydrogens (tertiary/aromatic N) is 2. The molecule has 1 rings (SSSR count). The van der Waals surface area contributed by atoms with Gasteiger partial charge in [0, 0.05) is 6.20 Å². The van der Waals surface area contributed by atoms with E-state index >= 15 is 0 Å². The molecule has 0 radical (unpaired) electrons. The fourth-order valence-corrected chi connectivity index (χ4v) is 0.997. The Labute approximate surface area is 65.2 Å². The number of aryl methyl sites for hydroxylation is 1. The zero-order valence-corrected chi connectivity index (χ0v) is 6.60. The largest absolute Gasteiger partial charge is 0.158 e. The van der Waals surface area contributed by atoms with Crippen LogP contribution in [0.25, 0.3) is 0 Å². The monoisotopic (exact) mass is 156 g/mol. The molecule has 0 bridgehead atoms. The van der Waals surface area contributed by atoms with Crippen molar-refractivity contribution in [2.45, 2.75) is 19.8 Å². The molecule has 0 aliphatic heterocycles. The molecule has 0 aromatic carbocycles. The van der Waals surface area contributed by atoms with E-state index in [9.17, 15) is 0 Å². The van der Waals surface area contributed by atoms with Gasteiger partial charge in [-0.25, -0.2) is 0 Å². The summed E-state index contributed by atoms with van der Waals surface area (Å²) in [4.78, 5) is 0. The van der Waals surface area contributed by atoms with Gasteiger partial charge in [-0.3, -0.25) is 0 Å². The highest BCUT2D eigenvalue weighted by Gasteiger charge is 1.97. The van der Waals surface area contributed by atoms with E-state index in [0.717, 1.165) is 18.4 Å². The van der Waals surface area contributed by atoms with Crippen molar-refractivity contribution < 1.29 is 0 Å². The van der Waals surface area contributed by atoms with Gasteiger partial charge in [-0.1, -0.05) is 24.9 Å². The van der Waals surface area contributed by atoms with Crippen molar-refractivity contribution >= 4 is 11.6 Å². The van der Waals surface area contributed by atoms with Gasteiger partial charge in [-0.2, -0.15) is 5.10 Å². The zero-order chi connectivity index (χ0) is 7.40. The molecule has 3 heteroatoms. The Bertz CT molecular complexity index is 213. The molecule has 10 heavy (non-hydrogen) atoms. The number of rotatable bonds is 2. The molecule has 0 saturated heterocycles. The highest BCUT2D eigenvalue weighted by molar-refractivity contribution is 6.30. The average molecular weight is 157 g/mol. The fourth-order valence-electron chi connectivity index (χ4n) is 0.796. The highest BCUT2D eigenvalue weighted by Crippen LogP contribution is 2.11. The summed E-state index contributed by atoms with van der Waals surface area (Å²) in [5.41, 5.74) is 1.08. The molecule has 1 aromatic rings. The molecule has 1 heterocycles. The Morgan fingerprint density at radius 3 is 3.00 bits per heavy atom. The van der Waals surface area contributed by atoms with Gasteiger partial charge in [0.25, 0.3) is 0 Å². The van der Waals surface area contributed by atoms with Gasteiger partial charge in [0.2, 0.25) is 0 Å². The minimum Gasteiger partial charge on any atom is -0.158 e. The summed E-state index contributed by atoms with van der Waals surface area (Å²) in [6, 6.07) is 1.90. The first-order valence-electron chi connectivity index (χ1n) is 3.30. The van der Waals surface area contributed by atoms with Crippen molar-refractivity contribution in [3.63, 3.8) is 0 Å². The van der Waals surface area contributed by atoms with E-state index in [2.05, 4.69) is 17.1 Å². The number of hydrogen-bond acceptors (Lipinski definition) is 2. The third-order valence-electron chi connectivity index (χ3n) is 1.27. The first-order valence-corrected chi connectivity index (χ1v) is 3.68. The number of hydrogen-bond donors (Lipinski definition) is 0. The average Bonchev–Trinajstić information content (AvgIpc) is 1.94. The first kappa shape index (κ1) is 7.48. The molecule has 0 saturated carbocycles. The molecule has 1 aromatic heterocycles. The Morgan fingerprint density at radius 1 is 1.60 bits per heavy atom. The topological polar surface area (TPSA) is 25.8 Å². The van der Waals surface area contributed by atoms with Crippen LogP contribution in [0.15, 0.2) is 12.3 Å². The molecule has 0 atom stereocenters. The number of halogens is 1. The standard InChI is InChI=1S/C7H9ClN2/c1-2-3-6-4-5-9-10-7(6)8/h4-5H,2-3H2,1H3. The van der Waals surface area contributed by atoms with Gasteiger partial charge in [0.1, 0.15) is 0 Å². The lowest BCUT2D eigenvalue weighted by Gasteiger charge is -1.96. The lowest BCUT2D eigenvalue weighted by atomic mass is 10.2. The molecule has 0 aliphatic carbocycles. The predicted molar refractivity (Wildman–Crippen MR) is 41.0 cm³/mol. The Hall–Kier alpha value is -0.630. The summed E-state index contributed by atoms with van der Waals surface area (Å²) in [7, 11) is 0. The lowest BCUT2D eigenvalue weighted by Crippen LogP contribution is -1.89. The smallest absolute Gasteiger partial charge is 0.154 e. The van der Waals surface area contributed by atoms with Crippen molar-refractivity contribution in [3.8, 4) is 0 Å². The fraction of sp³-hybridized carbons (Fsp3) is 0.429. The molecule has 0 amide bonds. The molecule has 0 aliphatic rings. The van der Waals surface area contributed by atoms with E-state index in [-0.39, 0.29) is 0 Å². The van der Waals surface area contributed by atoms with E-state index < -0.39 is 0 Å². The van der Waals surface area contributed by atoms with Crippen molar-refractivity contribution in [2.24, 2.45) is 0 Å². The van der Waals surface area contributed by atoms with Gasteiger partial charge in [0.05, 0.1) is 0 Å². The highest BCUT2D eigenvalue weighted by atomic mass is 35.5. The second kappa shape index (κ2) is 3.52. The van der Waals surface area contributed by atoms with Gasteiger partial charge in [-0.15, -0.1) is 5.10 Å². The molecular weight excluding hydrogens is 148 g/mol. The predicted octanol–water partition coefficient (Wildman–Crippen LogP) is 2.08. The van der Waals surface area contributed by atoms with Crippen LogP contribution in [-0.4, -0.2) is 10.2 Å². The van der Waals surface area contributed by atoms with E-state index in [4.69, 9.17) is 11.6 Å². The van der Waals surface area contributed by atoms with Crippen LogP contribution < -0.4 is 0 Å². The summed E-state index contributed by atoms with van der Waals surface area (Å²) in [5.74, 6) is 0. The summed E-state index contributed by atoms with van der Waals surface area (Å²) >= 11 is 5.73. The zero-order valence-electron chi connectivity index (χ0n) is 5.84. The van der Waals surface area contributed by atoms with E-state index in [1.165, 1.54) is 0 Å². The summed E-state index contributed by atoms with van der Waals surface area (Å²) in [6.45, 7) is 2.11. The molecule has 0 N–H and O–H groups in total. The van der Waals surface area contributed by atoms with Crippen LogP contribution in [0.3, 0.4) is 0 Å². The van der Waals surface area contributed by atoms with Crippen LogP contribution in [-0.2, 0) is 6.42 Å². The van der Waals surface area contributed by atoms with E-state index in [1.807, 2.05) is 6.07 Å². The van der Waals surface area contributed by atoms with Gasteiger partial charge >= 0.3 is 0 Å². The quantitative estimate of drug-likeness (QED) is 0.655. The van der Waals surface area contributed by atoms with Crippen LogP contribution in [0.5, 0.6) is 0 Å². The molecule has 0 spiro atoms. The first-order chi connectivity index (χ1) is 4.84. The van der Waals surface area contributed by atoms with Crippen molar-refractivity contribution in [1.82, 2.24) is 10.2 Å². The van der Waals surface area contributed by atoms with Gasteiger partial charge in [0.15, 0.2) is 5.15 Å². The van der Waals surface area contributed by atoms with Crippen molar-refractivity contribution in [3.05, 3.63) is 23.0 Å². The van der Waals surface area contributed by atoms with Crippen LogP contribution in [0.4, 0.5) is 0 Å². The normalized spacial score (nSPS) is 9.80.